The highest BCUT2D eigenvalue weighted by atomic mass is 16.6. The number of H-pyrrole nitrogens is 1. The van der Waals surface area contributed by atoms with Crippen LogP contribution in [-0.4, -0.2) is 40.7 Å². The Hall–Kier alpha value is -2.05. The molecule has 2 aromatic rings. The van der Waals surface area contributed by atoms with Crippen molar-refractivity contribution in [3.63, 3.8) is 0 Å². The van der Waals surface area contributed by atoms with Crippen molar-refractivity contribution in [2.24, 2.45) is 0 Å². The Bertz CT molecular complexity index is 722. The first kappa shape index (κ1) is 16.4. The summed E-state index contributed by atoms with van der Waals surface area (Å²) >= 11 is 0. The Morgan fingerprint density at radius 1 is 1.12 bits per heavy atom. The van der Waals surface area contributed by atoms with Crippen LogP contribution in [0.25, 0.3) is 11.3 Å². The van der Waals surface area contributed by atoms with Crippen LogP contribution in [-0.2, 0) is 6.54 Å². The van der Waals surface area contributed by atoms with Crippen molar-refractivity contribution < 1.29 is 14.6 Å². The van der Waals surface area contributed by atoms with Gasteiger partial charge in [0.25, 0.3) is 0 Å². The summed E-state index contributed by atoms with van der Waals surface area (Å²) in [6, 6.07) is 5.94. The van der Waals surface area contributed by atoms with Gasteiger partial charge in [-0.3, -0.25) is 5.10 Å². The second kappa shape index (κ2) is 7.06. The van der Waals surface area contributed by atoms with E-state index in [-0.39, 0.29) is 0 Å². The predicted octanol–water partition coefficient (Wildman–Crippen LogP) is 2.63. The van der Waals surface area contributed by atoms with E-state index in [1.54, 1.807) is 0 Å². The average Bonchev–Trinajstić information content (AvgIpc) is 3.10. The molecule has 0 spiro atoms. The third-order valence-corrected chi connectivity index (χ3v) is 5.10. The Morgan fingerprint density at radius 3 is 2.76 bits per heavy atom. The minimum atomic E-state index is -0.556. The topological polar surface area (TPSA) is 79.4 Å². The lowest BCUT2D eigenvalue weighted by molar-refractivity contribution is 0.00468. The number of hydrogen-bond donors (Lipinski definition) is 3. The molecule has 1 aromatic carbocycles. The Kier molecular flexibility index (Phi) is 4.63. The summed E-state index contributed by atoms with van der Waals surface area (Å²) < 4.78 is 11.2. The van der Waals surface area contributed by atoms with E-state index in [0.29, 0.717) is 26.3 Å². The quantitative estimate of drug-likeness (QED) is 0.778. The molecular weight excluding hydrogens is 318 g/mol. The molecule has 1 saturated carbocycles. The van der Waals surface area contributed by atoms with E-state index in [0.717, 1.165) is 54.0 Å². The fourth-order valence-corrected chi connectivity index (χ4v) is 3.71. The fourth-order valence-electron chi connectivity index (χ4n) is 3.71. The van der Waals surface area contributed by atoms with Crippen LogP contribution >= 0.6 is 0 Å². The van der Waals surface area contributed by atoms with Crippen LogP contribution in [0.5, 0.6) is 11.5 Å². The molecule has 1 aliphatic heterocycles. The highest BCUT2D eigenvalue weighted by Crippen LogP contribution is 2.35. The first-order valence-corrected chi connectivity index (χ1v) is 9.09. The zero-order valence-corrected chi connectivity index (χ0v) is 14.4. The predicted molar refractivity (Wildman–Crippen MR) is 94.8 cm³/mol. The van der Waals surface area contributed by atoms with Crippen molar-refractivity contribution in [1.29, 1.82) is 0 Å². The van der Waals surface area contributed by atoms with Crippen molar-refractivity contribution in [2.45, 2.75) is 44.2 Å². The van der Waals surface area contributed by atoms with Crippen LogP contribution in [0.1, 0.15) is 37.7 Å². The molecule has 1 fully saturated rings. The number of aromatic nitrogens is 2. The van der Waals surface area contributed by atoms with Crippen molar-refractivity contribution in [1.82, 2.24) is 15.5 Å². The summed E-state index contributed by atoms with van der Waals surface area (Å²) in [5.74, 6) is 1.56. The smallest absolute Gasteiger partial charge is 0.162 e. The molecule has 0 unspecified atom stereocenters. The second-order valence-electron chi connectivity index (χ2n) is 7.02. The van der Waals surface area contributed by atoms with Crippen molar-refractivity contribution in [3.8, 4) is 22.8 Å². The molecule has 1 aromatic heterocycles. The number of nitrogens with one attached hydrogen (secondary N) is 2. The molecular formula is C19H25N3O3. The standard InChI is InChI=1S/C19H25N3O3/c23-19(6-2-1-3-7-19)13-20-11-15-12-21-22-18(15)14-4-5-16-17(10-14)25-9-8-24-16/h4-5,10,12,20,23H,1-3,6-9,11,13H2,(H,21,22). The van der Waals surface area contributed by atoms with Gasteiger partial charge in [-0.2, -0.15) is 5.10 Å². The van der Waals surface area contributed by atoms with E-state index < -0.39 is 5.60 Å². The molecule has 0 amide bonds. The minimum absolute atomic E-state index is 0.556. The zero-order valence-electron chi connectivity index (χ0n) is 14.4. The van der Waals surface area contributed by atoms with Crippen molar-refractivity contribution in [2.75, 3.05) is 19.8 Å². The highest BCUT2D eigenvalue weighted by Gasteiger charge is 2.28. The van der Waals surface area contributed by atoms with E-state index in [1.807, 2.05) is 24.4 Å². The number of aliphatic hydroxyl groups is 1. The number of nitrogens with zero attached hydrogens (tertiary/aromatic N) is 1. The van der Waals surface area contributed by atoms with E-state index in [4.69, 9.17) is 9.47 Å². The summed E-state index contributed by atoms with van der Waals surface area (Å²) in [5, 5.41) is 21.3. The SMILES string of the molecule is OC1(CNCc2cn[nH]c2-c2ccc3c(c2)OCCO3)CCCCC1. The van der Waals surface area contributed by atoms with Crippen LogP contribution in [0, 0.1) is 0 Å². The Morgan fingerprint density at radius 2 is 1.92 bits per heavy atom. The summed E-state index contributed by atoms with van der Waals surface area (Å²) in [4.78, 5) is 0. The molecule has 4 rings (SSSR count). The zero-order chi connectivity index (χ0) is 17.1. The molecule has 25 heavy (non-hydrogen) atoms. The summed E-state index contributed by atoms with van der Waals surface area (Å²) in [6.07, 6.45) is 7.09. The Labute approximate surface area is 147 Å². The molecule has 3 N–H and O–H groups in total. The van der Waals surface area contributed by atoms with Gasteiger partial charge in [0.2, 0.25) is 0 Å². The van der Waals surface area contributed by atoms with Crippen LogP contribution < -0.4 is 14.8 Å². The van der Waals surface area contributed by atoms with Crippen molar-refractivity contribution >= 4 is 0 Å². The number of fused-ring (bicyclic) bond motifs is 1. The maximum Gasteiger partial charge on any atom is 0.162 e. The maximum absolute atomic E-state index is 10.6. The fraction of sp³-hybridized carbons (Fsp3) is 0.526. The first-order valence-electron chi connectivity index (χ1n) is 9.09. The third kappa shape index (κ3) is 3.65. The number of aromatic amines is 1. The normalized spacial score (nSPS) is 18.9. The lowest BCUT2D eigenvalue weighted by Gasteiger charge is -2.32. The first-order chi connectivity index (χ1) is 12.2. The molecule has 0 saturated heterocycles. The average molecular weight is 343 g/mol. The van der Waals surface area contributed by atoms with Gasteiger partial charge in [0.05, 0.1) is 17.5 Å². The van der Waals surface area contributed by atoms with E-state index in [9.17, 15) is 5.11 Å². The van der Waals surface area contributed by atoms with Crippen LogP contribution in [0.2, 0.25) is 0 Å². The van der Waals surface area contributed by atoms with Gasteiger partial charge in [-0.05, 0) is 31.0 Å². The van der Waals surface area contributed by atoms with E-state index in [1.165, 1.54) is 6.42 Å². The van der Waals surface area contributed by atoms with Gasteiger partial charge in [0, 0.05) is 24.2 Å². The number of ether oxygens (including phenoxy) is 2. The van der Waals surface area contributed by atoms with Gasteiger partial charge in [-0.15, -0.1) is 0 Å². The molecule has 134 valence electrons. The number of hydrogen-bond acceptors (Lipinski definition) is 5. The largest absolute Gasteiger partial charge is 0.486 e. The highest BCUT2D eigenvalue weighted by molar-refractivity contribution is 5.66. The van der Waals surface area contributed by atoms with E-state index >= 15 is 0 Å². The lowest BCUT2D eigenvalue weighted by Crippen LogP contribution is -2.41. The number of benzene rings is 1. The summed E-state index contributed by atoms with van der Waals surface area (Å²) in [5.41, 5.74) is 2.52. The van der Waals surface area contributed by atoms with Gasteiger partial charge in [-0.25, -0.2) is 0 Å². The second-order valence-corrected chi connectivity index (χ2v) is 7.02. The van der Waals surface area contributed by atoms with Crippen LogP contribution in [0.3, 0.4) is 0 Å². The molecule has 0 atom stereocenters. The van der Waals surface area contributed by atoms with Gasteiger partial charge >= 0.3 is 0 Å². The van der Waals surface area contributed by atoms with E-state index in [2.05, 4.69) is 15.5 Å². The summed E-state index contributed by atoms with van der Waals surface area (Å²) in [6.45, 7) is 2.46. The van der Waals surface area contributed by atoms with Crippen LogP contribution in [0.4, 0.5) is 0 Å². The van der Waals surface area contributed by atoms with Gasteiger partial charge in [-0.1, -0.05) is 19.3 Å². The van der Waals surface area contributed by atoms with Gasteiger partial charge in [0.1, 0.15) is 13.2 Å². The molecule has 6 nitrogen and oxygen atoms in total. The number of rotatable bonds is 5. The minimum Gasteiger partial charge on any atom is -0.486 e. The lowest BCUT2D eigenvalue weighted by atomic mass is 9.85. The van der Waals surface area contributed by atoms with Gasteiger partial charge < -0.3 is 19.9 Å². The molecule has 6 heteroatoms. The molecule has 2 heterocycles. The summed E-state index contributed by atoms with van der Waals surface area (Å²) in [7, 11) is 0. The van der Waals surface area contributed by atoms with Crippen LogP contribution in [0.15, 0.2) is 24.4 Å². The molecule has 0 bridgehead atoms. The molecule has 1 aliphatic carbocycles. The molecule has 2 aliphatic rings. The Balaban J connectivity index is 1.44. The molecule has 0 radical (unpaired) electrons. The monoisotopic (exact) mass is 343 g/mol. The third-order valence-electron chi connectivity index (χ3n) is 5.10. The maximum atomic E-state index is 10.6. The van der Waals surface area contributed by atoms with Gasteiger partial charge in [0.15, 0.2) is 11.5 Å². The van der Waals surface area contributed by atoms with Crippen molar-refractivity contribution in [3.05, 3.63) is 30.0 Å².